The first-order valence-electron chi connectivity index (χ1n) is 6.61. The van der Waals surface area contributed by atoms with Crippen molar-refractivity contribution in [2.75, 3.05) is 13.2 Å². The molecule has 0 unspecified atom stereocenters. The van der Waals surface area contributed by atoms with Crippen molar-refractivity contribution >= 4 is 28.8 Å². The molecule has 1 aliphatic heterocycles. The Labute approximate surface area is 122 Å². The van der Waals surface area contributed by atoms with Gasteiger partial charge in [-0.1, -0.05) is 25.4 Å². The molecule has 1 fully saturated rings. The Morgan fingerprint density at radius 3 is 3.05 bits per heavy atom. The lowest BCUT2D eigenvalue weighted by atomic mass is 10.1. The summed E-state index contributed by atoms with van der Waals surface area (Å²) in [6.07, 6.45) is 3.05. The van der Waals surface area contributed by atoms with Crippen LogP contribution in [0, 0.1) is 5.92 Å². The van der Waals surface area contributed by atoms with Gasteiger partial charge in [0.25, 0.3) is 5.91 Å². The van der Waals surface area contributed by atoms with Crippen LogP contribution in [0.15, 0.2) is 0 Å². The van der Waals surface area contributed by atoms with Crippen molar-refractivity contribution in [3.05, 3.63) is 15.0 Å². The van der Waals surface area contributed by atoms with Gasteiger partial charge in [-0.3, -0.25) is 4.79 Å². The lowest BCUT2D eigenvalue weighted by Crippen LogP contribution is -2.32. The summed E-state index contributed by atoms with van der Waals surface area (Å²) in [5.74, 6) is 0.329. The van der Waals surface area contributed by atoms with E-state index >= 15 is 0 Å². The summed E-state index contributed by atoms with van der Waals surface area (Å²) < 4.78 is 5.91. The van der Waals surface area contributed by atoms with Crippen molar-refractivity contribution in [3.63, 3.8) is 0 Å². The van der Waals surface area contributed by atoms with E-state index in [0.29, 0.717) is 22.6 Å². The minimum atomic E-state index is -0.144. The molecule has 1 N–H and O–H groups in total. The van der Waals surface area contributed by atoms with E-state index in [0.717, 1.165) is 30.7 Å². The highest BCUT2D eigenvalue weighted by Gasteiger charge is 2.21. The topological polar surface area (TPSA) is 51.2 Å². The molecule has 0 aromatic carbocycles. The summed E-state index contributed by atoms with van der Waals surface area (Å²) in [5.41, 5.74) is 0.474. The molecule has 106 valence electrons. The number of hydrogen-bond acceptors (Lipinski definition) is 4. The zero-order valence-corrected chi connectivity index (χ0v) is 12.8. The Kier molecular flexibility index (Phi) is 5.19. The third-order valence-electron chi connectivity index (χ3n) is 2.99. The maximum atomic E-state index is 12.1. The van der Waals surface area contributed by atoms with Crippen LogP contribution < -0.4 is 5.32 Å². The molecule has 0 spiro atoms. The third kappa shape index (κ3) is 4.16. The monoisotopic (exact) mass is 302 g/mol. The minimum Gasteiger partial charge on any atom is -0.376 e. The highest BCUT2D eigenvalue weighted by Crippen LogP contribution is 2.25. The van der Waals surface area contributed by atoms with Gasteiger partial charge in [0.15, 0.2) is 4.47 Å². The van der Waals surface area contributed by atoms with E-state index in [-0.39, 0.29) is 12.0 Å². The Morgan fingerprint density at radius 1 is 1.63 bits per heavy atom. The summed E-state index contributed by atoms with van der Waals surface area (Å²) in [6, 6.07) is 0. The number of aromatic nitrogens is 1. The van der Waals surface area contributed by atoms with Gasteiger partial charge in [-0.2, -0.15) is 0 Å². The molecule has 1 saturated heterocycles. The molecule has 2 rings (SSSR count). The van der Waals surface area contributed by atoms with E-state index in [1.54, 1.807) is 0 Å². The molecule has 0 saturated carbocycles. The predicted molar refractivity (Wildman–Crippen MR) is 77.0 cm³/mol. The molecule has 0 bridgehead atoms. The summed E-state index contributed by atoms with van der Waals surface area (Å²) >= 11 is 7.31. The normalized spacial score (nSPS) is 19.1. The number of ether oxygens (including phenoxy) is 1. The fourth-order valence-electron chi connectivity index (χ4n) is 2.11. The van der Waals surface area contributed by atoms with Gasteiger partial charge in [0.1, 0.15) is 5.69 Å². The second-order valence-electron chi connectivity index (χ2n) is 5.18. The maximum absolute atomic E-state index is 12.1. The van der Waals surface area contributed by atoms with Gasteiger partial charge in [-0.25, -0.2) is 4.98 Å². The fraction of sp³-hybridized carbons (Fsp3) is 0.692. The fourth-order valence-corrected chi connectivity index (χ4v) is 3.46. The zero-order valence-electron chi connectivity index (χ0n) is 11.2. The molecule has 4 nitrogen and oxygen atoms in total. The number of thiazole rings is 1. The lowest BCUT2D eigenvalue weighted by molar-refractivity contribution is 0.0853. The summed E-state index contributed by atoms with van der Waals surface area (Å²) in [7, 11) is 0. The number of carbonyl (C=O) groups excluding carboxylic acids is 1. The molecule has 1 amide bonds. The molecular weight excluding hydrogens is 284 g/mol. The molecule has 19 heavy (non-hydrogen) atoms. The van der Waals surface area contributed by atoms with Gasteiger partial charge < -0.3 is 10.1 Å². The van der Waals surface area contributed by atoms with Gasteiger partial charge in [0.05, 0.1) is 6.10 Å². The van der Waals surface area contributed by atoms with E-state index in [4.69, 9.17) is 16.3 Å². The number of nitrogens with zero attached hydrogens (tertiary/aromatic N) is 1. The van der Waals surface area contributed by atoms with Crippen LogP contribution in [-0.4, -0.2) is 30.1 Å². The van der Waals surface area contributed by atoms with Crippen molar-refractivity contribution in [2.24, 2.45) is 5.92 Å². The first kappa shape index (κ1) is 14.8. The predicted octanol–water partition coefficient (Wildman–Crippen LogP) is 2.90. The number of carbonyl (C=O) groups is 1. The molecule has 0 radical (unpaired) electrons. The van der Waals surface area contributed by atoms with E-state index in [2.05, 4.69) is 24.1 Å². The first-order valence-corrected chi connectivity index (χ1v) is 7.80. The number of amides is 1. The molecule has 1 aliphatic rings. The number of hydrogen-bond donors (Lipinski definition) is 1. The standard InChI is InChI=1S/C13H19ClN2O2S/c1-8(2)6-10-11(16-13(14)19-10)12(17)15-7-9-4-3-5-18-9/h8-9H,3-7H2,1-2H3,(H,15,17)/t9-/m1/s1. The molecule has 6 heteroatoms. The van der Waals surface area contributed by atoms with E-state index in [1.807, 2.05) is 0 Å². The van der Waals surface area contributed by atoms with Crippen LogP contribution in [0.25, 0.3) is 0 Å². The van der Waals surface area contributed by atoms with Crippen molar-refractivity contribution in [2.45, 2.75) is 39.2 Å². The Bertz CT molecular complexity index is 442. The van der Waals surface area contributed by atoms with Crippen LogP contribution in [0.4, 0.5) is 0 Å². The van der Waals surface area contributed by atoms with Gasteiger partial charge in [-0.05, 0) is 25.2 Å². The molecular formula is C13H19ClN2O2S. The Morgan fingerprint density at radius 2 is 2.42 bits per heavy atom. The minimum absolute atomic E-state index is 0.144. The molecule has 2 heterocycles. The maximum Gasteiger partial charge on any atom is 0.271 e. The first-order chi connectivity index (χ1) is 9.06. The largest absolute Gasteiger partial charge is 0.376 e. The average Bonchev–Trinajstić information content (AvgIpc) is 2.95. The van der Waals surface area contributed by atoms with Gasteiger partial charge >= 0.3 is 0 Å². The smallest absolute Gasteiger partial charge is 0.271 e. The van der Waals surface area contributed by atoms with E-state index in [1.165, 1.54) is 11.3 Å². The van der Waals surface area contributed by atoms with Crippen molar-refractivity contribution in [1.82, 2.24) is 10.3 Å². The lowest BCUT2D eigenvalue weighted by Gasteiger charge is -2.10. The number of halogens is 1. The quantitative estimate of drug-likeness (QED) is 0.910. The highest BCUT2D eigenvalue weighted by atomic mass is 35.5. The van der Waals surface area contributed by atoms with Gasteiger partial charge in [0.2, 0.25) is 0 Å². The Balaban J connectivity index is 1.97. The van der Waals surface area contributed by atoms with Gasteiger partial charge in [0, 0.05) is 18.0 Å². The van der Waals surface area contributed by atoms with Crippen molar-refractivity contribution < 1.29 is 9.53 Å². The zero-order chi connectivity index (χ0) is 13.8. The molecule has 1 atom stereocenters. The molecule has 1 aromatic rings. The van der Waals surface area contributed by atoms with E-state index < -0.39 is 0 Å². The van der Waals surface area contributed by atoms with E-state index in [9.17, 15) is 4.79 Å². The second-order valence-corrected chi connectivity index (χ2v) is 6.85. The average molecular weight is 303 g/mol. The van der Waals surface area contributed by atoms with Crippen LogP contribution in [0.2, 0.25) is 4.47 Å². The number of rotatable bonds is 5. The van der Waals surface area contributed by atoms with Gasteiger partial charge in [-0.15, -0.1) is 11.3 Å². The van der Waals surface area contributed by atoms with Crippen LogP contribution in [-0.2, 0) is 11.2 Å². The number of nitrogens with one attached hydrogen (secondary N) is 1. The second kappa shape index (κ2) is 6.68. The van der Waals surface area contributed by atoms with Crippen LogP contribution >= 0.6 is 22.9 Å². The van der Waals surface area contributed by atoms with Crippen LogP contribution in [0.3, 0.4) is 0 Å². The summed E-state index contributed by atoms with van der Waals surface area (Å²) in [6.45, 7) is 5.57. The van der Waals surface area contributed by atoms with Crippen LogP contribution in [0.5, 0.6) is 0 Å². The third-order valence-corrected chi connectivity index (χ3v) is 4.18. The van der Waals surface area contributed by atoms with Crippen LogP contribution in [0.1, 0.15) is 42.1 Å². The van der Waals surface area contributed by atoms with Crippen molar-refractivity contribution in [3.8, 4) is 0 Å². The SMILES string of the molecule is CC(C)Cc1sc(Cl)nc1C(=O)NC[C@H]1CCCO1. The molecule has 1 aromatic heterocycles. The Hall–Kier alpha value is -0.650. The summed E-state index contributed by atoms with van der Waals surface area (Å²) in [5, 5.41) is 2.89. The summed E-state index contributed by atoms with van der Waals surface area (Å²) in [4.78, 5) is 17.2. The van der Waals surface area contributed by atoms with Crippen molar-refractivity contribution in [1.29, 1.82) is 0 Å². The highest BCUT2D eigenvalue weighted by molar-refractivity contribution is 7.16. The molecule has 0 aliphatic carbocycles.